The SMILES string of the molecule is CC(C)CC(O)C(=O)NCc1cc2n(n1)CCCN(C(=O)C1CCC1)C2. The van der Waals surface area contributed by atoms with E-state index < -0.39 is 6.10 Å². The number of fused-ring (bicyclic) bond motifs is 1. The molecular formula is C19H30N4O3. The van der Waals surface area contributed by atoms with Gasteiger partial charge in [0.2, 0.25) is 11.8 Å². The van der Waals surface area contributed by atoms with E-state index in [-0.39, 0.29) is 23.7 Å². The van der Waals surface area contributed by atoms with Crippen LogP contribution in [0.25, 0.3) is 0 Å². The van der Waals surface area contributed by atoms with Gasteiger partial charge in [-0.05, 0) is 37.7 Å². The second kappa shape index (κ2) is 8.20. The van der Waals surface area contributed by atoms with E-state index in [4.69, 9.17) is 0 Å². The number of amides is 2. The lowest BCUT2D eigenvalue weighted by molar-refractivity contribution is -0.138. The third kappa shape index (κ3) is 4.44. The number of carbonyl (C=O) groups excluding carboxylic acids is 2. The predicted octanol–water partition coefficient (Wildman–Crippen LogP) is 1.44. The van der Waals surface area contributed by atoms with E-state index in [1.807, 2.05) is 29.5 Å². The predicted molar refractivity (Wildman–Crippen MR) is 96.9 cm³/mol. The van der Waals surface area contributed by atoms with Crippen molar-refractivity contribution in [3.8, 4) is 0 Å². The Kier molecular flexibility index (Phi) is 5.96. The number of carbonyl (C=O) groups is 2. The Morgan fingerprint density at radius 1 is 1.31 bits per heavy atom. The fraction of sp³-hybridized carbons (Fsp3) is 0.737. The number of hydrogen-bond donors (Lipinski definition) is 2. The second-order valence-electron chi connectivity index (χ2n) is 7.95. The zero-order chi connectivity index (χ0) is 18.7. The van der Waals surface area contributed by atoms with Gasteiger partial charge in [0.15, 0.2) is 0 Å². The highest BCUT2D eigenvalue weighted by Gasteiger charge is 2.30. The van der Waals surface area contributed by atoms with E-state index in [9.17, 15) is 14.7 Å². The molecule has 2 heterocycles. The van der Waals surface area contributed by atoms with Gasteiger partial charge in [-0.25, -0.2) is 0 Å². The maximum atomic E-state index is 12.5. The molecular weight excluding hydrogens is 332 g/mol. The molecule has 1 unspecified atom stereocenters. The van der Waals surface area contributed by atoms with E-state index in [1.54, 1.807) is 0 Å². The minimum absolute atomic E-state index is 0.214. The monoisotopic (exact) mass is 362 g/mol. The molecule has 0 radical (unpaired) electrons. The van der Waals surface area contributed by atoms with Crippen molar-refractivity contribution in [2.45, 2.75) is 71.7 Å². The van der Waals surface area contributed by atoms with Crippen molar-refractivity contribution in [1.29, 1.82) is 0 Å². The normalized spacial score (nSPS) is 18.8. The summed E-state index contributed by atoms with van der Waals surface area (Å²) in [5.74, 6) is 0.394. The van der Waals surface area contributed by atoms with Gasteiger partial charge in [0.25, 0.3) is 0 Å². The van der Waals surface area contributed by atoms with Crippen LogP contribution < -0.4 is 5.32 Å². The Hall–Kier alpha value is -1.89. The maximum Gasteiger partial charge on any atom is 0.249 e. The molecule has 0 saturated heterocycles. The molecule has 2 amide bonds. The van der Waals surface area contributed by atoms with Gasteiger partial charge in [0, 0.05) is 19.0 Å². The summed E-state index contributed by atoms with van der Waals surface area (Å²) in [5.41, 5.74) is 1.78. The van der Waals surface area contributed by atoms with Gasteiger partial charge in [-0.3, -0.25) is 14.3 Å². The van der Waals surface area contributed by atoms with Crippen molar-refractivity contribution in [3.63, 3.8) is 0 Å². The van der Waals surface area contributed by atoms with Crippen molar-refractivity contribution < 1.29 is 14.7 Å². The number of aromatic nitrogens is 2. The van der Waals surface area contributed by atoms with Crippen LogP contribution in [0.5, 0.6) is 0 Å². The fourth-order valence-electron chi connectivity index (χ4n) is 3.56. The molecule has 7 nitrogen and oxygen atoms in total. The Labute approximate surface area is 154 Å². The number of aliphatic hydroxyl groups excluding tert-OH is 1. The Bertz CT molecular complexity index is 651. The van der Waals surface area contributed by atoms with E-state index in [2.05, 4.69) is 10.4 Å². The van der Waals surface area contributed by atoms with Crippen LogP contribution in [0.1, 0.15) is 57.3 Å². The van der Waals surface area contributed by atoms with Crippen molar-refractivity contribution in [2.24, 2.45) is 11.8 Å². The minimum atomic E-state index is -0.981. The summed E-state index contributed by atoms with van der Waals surface area (Å²) >= 11 is 0. The van der Waals surface area contributed by atoms with Gasteiger partial charge in [0.05, 0.1) is 24.5 Å². The molecule has 0 aromatic carbocycles. The number of rotatable bonds is 6. The average molecular weight is 362 g/mol. The first kappa shape index (κ1) is 18.9. The van der Waals surface area contributed by atoms with E-state index in [1.165, 1.54) is 0 Å². The van der Waals surface area contributed by atoms with E-state index in [0.29, 0.717) is 19.5 Å². The summed E-state index contributed by atoms with van der Waals surface area (Å²) in [6.45, 7) is 6.40. The minimum Gasteiger partial charge on any atom is -0.383 e. The molecule has 1 saturated carbocycles. The Morgan fingerprint density at radius 3 is 2.73 bits per heavy atom. The first-order chi connectivity index (χ1) is 12.4. The van der Waals surface area contributed by atoms with Crippen LogP contribution in [0.15, 0.2) is 6.07 Å². The molecule has 2 aliphatic rings. The first-order valence-electron chi connectivity index (χ1n) is 9.74. The van der Waals surface area contributed by atoms with Gasteiger partial charge in [0.1, 0.15) is 6.10 Å². The molecule has 1 fully saturated rings. The lowest BCUT2D eigenvalue weighted by atomic mass is 9.84. The zero-order valence-corrected chi connectivity index (χ0v) is 15.8. The Balaban J connectivity index is 1.57. The molecule has 1 aromatic rings. The summed E-state index contributed by atoms with van der Waals surface area (Å²) in [4.78, 5) is 26.5. The van der Waals surface area contributed by atoms with Crippen molar-refractivity contribution in [2.75, 3.05) is 6.54 Å². The maximum absolute atomic E-state index is 12.5. The zero-order valence-electron chi connectivity index (χ0n) is 15.8. The topological polar surface area (TPSA) is 87.5 Å². The summed E-state index contributed by atoms with van der Waals surface area (Å²) in [6.07, 6.45) is 3.56. The van der Waals surface area contributed by atoms with Crippen LogP contribution in [0.4, 0.5) is 0 Å². The summed E-state index contributed by atoms with van der Waals surface area (Å²) in [7, 11) is 0. The number of nitrogens with zero attached hydrogens (tertiary/aromatic N) is 3. The van der Waals surface area contributed by atoms with Gasteiger partial charge in [-0.2, -0.15) is 5.10 Å². The van der Waals surface area contributed by atoms with E-state index in [0.717, 1.165) is 50.2 Å². The molecule has 0 bridgehead atoms. The molecule has 1 atom stereocenters. The summed E-state index contributed by atoms with van der Waals surface area (Å²) in [6, 6.07) is 1.96. The van der Waals surface area contributed by atoms with Crippen molar-refractivity contribution in [1.82, 2.24) is 20.0 Å². The van der Waals surface area contributed by atoms with Crippen molar-refractivity contribution in [3.05, 3.63) is 17.5 Å². The van der Waals surface area contributed by atoms with Crippen molar-refractivity contribution >= 4 is 11.8 Å². The van der Waals surface area contributed by atoms with Crippen LogP contribution in [0.2, 0.25) is 0 Å². The second-order valence-corrected chi connectivity index (χ2v) is 7.95. The van der Waals surface area contributed by atoms with Gasteiger partial charge in [-0.15, -0.1) is 0 Å². The highest BCUT2D eigenvalue weighted by atomic mass is 16.3. The lowest BCUT2D eigenvalue weighted by Gasteiger charge is -2.30. The van der Waals surface area contributed by atoms with Crippen LogP contribution in [0, 0.1) is 11.8 Å². The number of hydrogen-bond acceptors (Lipinski definition) is 4. The molecule has 3 rings (SSSR count). The van der Waals surface area contributed by atoms with Crippen LogP contribution in [0.3, 0.4) is 0 Å². The van der Waals surface area contributed by atoms with Gasteiger partial charge >= 0.3 is 0 Å². The molecule has 7 heteroatoms. The number of nitrogens with one attached hydrogen (secondary N) is 1. The Morgan fingerprint density at radius 2 is 2.08 bits per heavy atom. The number of aryl methyl sites for hydroxylation is 1. The summed E-state index contributed by atoms with van der Waals surface area (Å²) < 4.78 is 1.94. The highest BCUT2D eigenvalue weighted by Crippen LogP contribution is 2.29. The van der Waals surface area contributed by atoms with E-state index >= 15 is 0 Å². The van der Waals surface area contributed by atoms with Crippen LogP contribution >= 0.6 is 0 Å². The third-order valence-electron chi connectivity index (χ3n) is 5.27. The van der Waals surface area contributed by atoms with Crippen LogP contribution in [-0.2, 0) is 29.2 Å². The summed E-state index contributed by atoms with van der Waals surface area (Å²) in [5, 5.41) is 17.2. The molecule has 1 aliphatic heterocycles. The molecule has 26 heavy (non-hydrogen) atoms. The molecule has 2 N–H and O–H groups in total. The largest absolute Gasteiger partial charge is 0.383 e. The smallest absolute Gasteiger partial charge is 0.249 e. The highest BCUT2D eigenvalue weighted by molar-refractivity contribution is 5.80. The fourth-order valence-corrected chi connectivity index (χ4v) is 3.56. The lowest BCUT2D eigenvalue weighted by Crippen LogP contribution is -2.38. The average Bonchev–Trinajstić information content (AvgIpc) is 2.80. The molecule has 0 spiro atoms. The standard InChI is InChI=1S/C19H30N4O3/c1-13(2)9-17(24)18(25)20-11-15-10-16-12-22(7-4-8-23(16)21-15)19(26)14-5-3-6-14/h10,13-14,17,24H,3-9,11-12H2,1-2H3,(H,20,25). The molecule has 1 aromatic heterocycles. The molecule has 144 valence electrons. The van der Waals surface area contributed by atoms with Gasteiger partial charge < -0.3 is 15.3 Å². The first-order valence-corrected chi connectivity index (χ1v) is 9.74. The van der Waals surface area contributed by atoms with Crippen LogP contribution in [-0.4, -0.2) is 44.3 Å². The number of aliphatic hydroxyl groups is 1. The quantitative estimate of drug-likeness (QED) is 0.802. The molecule has 1 aliphatic carbocycles. The third-order valence-corrected chi connectivity index (χ3v) is 5.27. The van der Waals surface area contributed by atoms with Gasteiger partial charge in [-0.1, -0.05) is 20.3 Å².